The molecule has 2 aromatic carbocycles. The number of carbonyl (C=O) groups is 1. The van der Waals surface area contributed by atoms with Crippen LogP contribution in [-0.2, 0) is 4.74 Å². The molecule has 0 fully saturated rings. The van der Waals surface area contributed by atoms with Gasteiger partial charge in [-0.1, -0.05) is 60.1 Å². The summed E-state index contributed by atoms with van der Waals surface area (Å²) in [6, 6.07) is 15.6. The SMILES string of the molecule is CC(C)(C)OC(=O)N[C@@H](c1ccccc1)[C@H](O)c1ccccc1Cl. The van der Waals surface area contributed by atoms with Crippen LogP contribution in [0.4, 0.5) is 4.79 Å². The maximum atomic E-state index is 12.2. The van der Waals surface area contributed by atoms with Gasteiger partial charge in [0.05, 0.1) is 6.04 Å². The first kappa shape index (κ1) is 18.3. The van der Waals surface area contributed by atoms with Crippen molar-refractivity contribution in [1.82, 2.24) is 5.32 Å². The van der Waals surface area contributed by atoms with E-state index in [-0.39, 0.29) is 0 Å². The number of hydrogen-bond donors (Lipinski definition) is 2. The number of rotatable bonds is 4. The van der Waals surface area contributed by atoms with E-state index in [0.29, 0.717) is 10.6 Å². The van der Waals surface area contributed by atoms with E-state index in [1.807, 2.05) is 30.3 Å². The van der Waals surface area contributed by atoms with Crippen LogP contribution in [0.5, 0.6) is 0 Å². The number of nitrogens with one attached hydrogen (secondary N) is 1. The Bertz CT molecular complexity index is 683. The Morgan fingerprint density at radius 3 is 2.25 bits per heavy atom. The highest BCUT2D eigenvalue weighted by molar-refractivity contribution is 6.31. The Balaban J connectivity index is 2.30. The van der Waals surface area contributed by atoms with Crippen LogP contribution in [0.2, 0.25) is 5.02 Å². The van der Waals surface area contributed by atoms with Crippen molar-refractivity contribution in [2.24, 2.45) is 0 Å². The first-order valence-electron chi connectivity index (χ1n) is 7.75. The molecule has 24 heavy (non-hydrogen) atoms. The van der Waals surface area contributed by atoms with E-state index >= 15 is 0 Å². The second-order valence-electron chi connectivity index (χ2n) is 6.50. The molecule has 1 amide bonds. The second-order valence-corrected chi connectivity index (χ2v) is 6.91. The number of aliphatic hydroxyl groups excluding tert-OH is 1. The molecule has 0 saturated carbocycles. The number of carbonyl (C=O) groups excluding carboxylic acids is 1. The van der Waals surface area contributed by atoms with Crippen molar-refractivity contribution in [3.63, 3.8) is 0 Å². The number of alkyl carbamates (subject to hydrolysis) is 1. The van der Waals surface area contributed by atoms with Crippen molar-refractivity contribution in [2.45, 2.75) is 38.5 Å². The monoisotopic (exact) mass is 347 g/mol. The molecule has 0 saturated heterocycles. The molecule has 5 heteroatoms. The predicted molar refractivity (Wildman–Crippen MR) is 95.0 cm³/mol. The minimum atomic E-state index is -1.01. The average Bonchev–Trinajstić information content (AvgIpc) is 2.51. The lowest BCUT2D eigenvalue weighted by molar-refractivity contribution is 0.0419. The van der Waals surface area contributed by atoms with Gasteiger partial charge in [0.2, 0.25) is 0 Å². The topological polar surface area (TPSA) is 58.6 Å². The lowest BCUT2D eigenvalue weighted by Crippen LogP contribution is -2.37. The average molecular weight is 348 g/mol. The Kier molecular flexibility index (Phi) is 5.86. The van der Waals surface area contributed by atoms with E-state index in [2.05, 4.69) is 5.32 Å². The molecule has 0 bridgehead atoms. The van der Waals surface area contributed by atoms with Crippen LogP contribution in [-0.4, -0.2) is 16.8 Å². The molecule has 2 N–H and O–H groups in total. The van der Waals surface area contributed by atoms with Crippen molar-refractivity contribution in [2.75, 3.05) is 0 Å². The van der Waals surface area contributed by atoms with E-state index < -0.39 is 23.8 Å². The van der Waals surface area contributed by atoms with Crippen LogP contribution in [0, 0.1) is 0 Å². The standard InChI is InChI=1S/C19H22ClNO3/c1-19(2,3)24-18(23)21-16(13-9-5-4-6-10-13)17(22)14-11-7-8-12-15(14)20/h4-12,16-17,22H,1-3H3,(H,21,23)/t16-,17+/m0/s1. The molecule has 2 aromatic rings. The molecule has 0 aliphatic carbocycles. The third kappa shape index (κ3) is 4.98. The first-order valence-corrected chi connectivity index (χ1v) is 8.12. The van der Waals surface area contributed by atoms with Crippen LogP contribution in [0.1, 0.15) is 44.0 Å². The number of ether oxygens (including phenoxy) is 1. The van der Waals surface area contributed by atoms with Gasteiger partial charge in [-0.15, -0.1) is 0 Å². The van der Waals surface area contributed by atoms with Crippen LogP contribution < -0.4 is 5.32 Å². The molecule has 2 atom stereocenters. The third-order valence-corrected chi connectivity index (χ3v) is 3.71. The molecular formula is C19H22ClNO3. The van der Waals surface area contributed by atoms with Gasteiger partial charge in [-0.05, 0) is 32.4 Å². The second kappa shape index (κ2) is 7.69. The van der Waals surface area contributed by atoms with Gasteiger partial charge in [-0.3, -0.25) is 0 Å². The Labute approximate surface area is 147 Å². The maximum absolute atomic E-state index is 12.2. The summed E-state index contributed by atoms with van der Waals surface area (Å²) in [5.74, 6) is 0. The zero-order valence-electron chi connectivity index (χ0n) is 14.0. The normalized spacial score (nSPS) is 13.9. The Morgan fingerprint density at radius 1 is 1.08 bits per heavy atom. The summed E-state index contributed by atoms with van der Waals surface area (Å²) < 4.78 is 5.31. The van der Waals surface area contributed by atoms with Gasteiger partial charge in [0.1, 0.15) is 11.7 Å². The van der Waals surface area contributed by atoms with Gasteiger partial charge in [0, 0.05) is 10.6 Å². The number of halogens is 1. The van der Waals surface area contributed by atoms with Crippen LogP contribution >= 0.6 is 11.6 Å². The molecule has 0 heterocycles. The van der Waals surface area contributed by atoms with Crippen LogP contribution in [0.25, 0.3) is 0 Å². The third-order valence-electron chi connectivity index (χ3n) is 3.37. The Hall–Kier alpha value is -2.04. The van der Waals surface area contributed by atoms with Gasteiger partial charge >= 0.3 is 6.09 Å². The molecular weight excluding hydrogens is 326 g/mol. The molecule has 4 nitrogen and oxygen atoms in total. The summed E-state index contributed by atoms with van der Waals surface area (Å²) in [7, 11) is 0. The van der Waals surface area contributed by atoms with E-state index in [1.165, 1.54) is 0 Å². The molecule has 2 rings (SSSR count). The fourth-order valence-electron chi connectivity index (χ4n) is 2.33. The zero-order chi connectivity index (χ0) is 17.7. The van der Waals surface area contributed by atoms with E-state index in [9.17, 15) is 9.90 Å². The van der Waals surface area contributed by atoms with Gasteiger partial charge in [0.25, 0.3) is 0 Å². The smallest absolute Gasteiger partial charge is 0.408 e. The summed E-state index contributed by atoms with van der Waals surface area (Å²) in [5, 5.41) is 14.0. The Morgan fingerprint density at radius 2 is 1.67 bits per heavy atom. The molecule has 128 valence electrons. The van der Waals surface area contributed by atoms with E-state index in [1.54, 1.807) is 45.0 Å². The lowest BCUT2D eigenvalue weighted by Gasteiger charge is -2.27. The highest BCUT2D eigenvalue weighted by Crippen LogP contribution is 2.33. The quantitative estimate of drug-likeness (QED) is 0.847. The van der Waals surface area contributed by atoms with Crippen LogP contribution in [0.3, 0.4) is 0 Å². The minimum Gasteiger partial charge on any atom is -0.444 e. The number of aliphatic hydroxyl groups is 1. The maximum Gasteiger partial charge on any atom is 0.408 e. The highest BCUT2D eigenvalue weighted by atomic mass is 35.5. The minimum absolute atomic E-state index is 0.442. The predicted octanol–water partition coefficient (Wildman–Crippen LogP) is 4.64. The van der Waals surface area contributed by atoms with Gasteiger partial charge in [0.15, 0.2) is 0 Å². The van der Waals surface area contributed by atoms with Crippen molar-refractivity contribution in [3.8, 4) is 0 Å². The molecule has 0 radical (unpaired) electrons. The largest absolute Gasteiger partial charge is 0.444 e. The summed E-state index contributed by atoms with van der Waals surface area (Å²) in [6.07, 6.45) is -1.60. The summed E-state index contributed by atoms with van der Waals surface area (Å²) in [5.41, 5.74) is 0.681. The fourth-order valence-corrected chi connectivity index (χ4v) is 2.58. The first-order chi connectivity index (χ1) is 11.3. The molecule has 0 spiro atoms. The van der Waals surface area contributed by atoms with Crippen LogP contribution in [0.15, 0.2) is 54.6 Å². The van der Waals surface area contributed by atoms with Crippen molar-refractivity contribution >= 4 is 17.7 Å². The van der Waals surface area contributed by atoms with E-state index in [0.717, 1.165) is 5.56 Å². The number of hydrogen-bond acceptors (Lipinski definition) is 3. The summed E-state index contributed by atoms with van der Waals surface area (Å²) in [4.78, 5) is 12.2. The molecule has 0 aliphatic heterocycles. The van der Waals surface area contributed by atoms with Gasteiger partial charge < -0.3 is 15.2 Å². The number of benzene rings is 2. The van der Waals surface area contributed by atoms with Crippen molar-refractivity contribution in [3.05, 3.63) is 70.7 Å². The van der Waals surface area contributed by atoms with Gasteiger partial charge in [-0.2, -0.15) is 0 Å². The lowest BCUT2D eigenvalue weighted by atomic mass is 9.96. The molecule has 0 aromatic heterocycles. The highest BCUT2D eigenvalue weighted by Gasteiger charge is 2.28. The van der Waals surface area contributed by atoms with E-state index in [4.69, 9.17) is 16.3 Å². The fraction of sp³-hybridized carbons (Fsp3) is 0.316. The number of amides is 1. The van der Waals surface area contributed by atoms with Crippen molar-refractivity contribution < 1.29 is 14.6 Å². The van der Waals surface area contributed by atoms with Gasteiger partial charge in [-0.25, -0.2) is 4.79 Å². The van der Waals surface area contributed by atoms with Crippen molar-refractivity contribution in [1.29, 1.82) is 0 Å². The zero-order valence-corrected chi connectivity index (χ0v) is 14.7. The summed E-state index contributed by atoms with van der Waals surface area (Å²) in [6.45, 7) is 5.36. The molecule has 0 unspecified atom stereocenters. The summed E-state index contributed by atoms with van der Waals surface area (Å²) >= 11 is 6.19. The molecule has 0 aliphatic rings.